The Hall–Kier alpha value is -4.22. The Morgan fingerprint density at radius 2 is 1.63 bits per heavy atom. The van der Waals surface area contributed by atoms with Gasteiger partial charge in [0.15, 0.2) is 11.9 Å². The zero-order valence-electron chi connectivity index (χ0n) is 24.7. The van der Waals surface area contributed by atoms with E-state index in [0.717, 1.165) is 63.1 Å². The van der Waals surface area contributed by atoms with E-state index in [1.807, 2.05) is 42.5 Å². The summed E-state index contributed by atoms with van der Waals surface area (Å²) in [4.78, 5) is 46.4. The van der Waals surface area contributed by atoms with Crippen molar-refractivity contribution in [1.29, 1.82) is 0 Å². The highest BCUT2D eigenvalue weighted by atomic mass is 16.6. The minimum absolute atomic E-state index is 0.142. The SMILES string of the molecule is COC(C(=O)N1Cc2c(NC(=O)c3ccc(N4CCN(C)CC4)cc3)nn(C(=O)OC3CCCC3)c2C1)c1ccccc1. The number of carbonyl (C=O) groups excluding carboxylic acids is 3. The predicted octanol–water partition coefficient (Wildman–Crippen LogP) is 4.04. The van der Waals surface area contributed by atoms with Crippen LogP contribution in [-0.2, 0) is 27.4 Å². The van der Waals surface area contributed by atoms with Crippen LogP contribution in [0.3, 0.4) is 0 Å². The maximum absolute atomic E-state index is 13.6. The molecule has 1 aromatic heterocycles. The summed E-state index contributed by atoms with van der Waals surface area (Å²) in [6.07, 6.45) is 2.13. The van der Waals surface area contributed by atoms with Crippen LogP contribution in [0, 0.1) is 0 Å². The van der Waals surface area contributed by atoms with E-state index >= 15 is 0 Å². The summed E-state index contributed by atoms with van der Waals surface area (Å²) in [7, 11) is 3.62. The fourth-order valence-electron chi connectivity index (χ4n) is 6.09. The molecule has 3 aliphatic rings. The van der Waals surface area contributed by atoms with Crippen LogP contribution >= 0.6 is 0 Å². The fraction of sp³-hybridized carbons (Fsp3) is 0.438. The molecule has 2 amide bonds. The number of hydrogen-bond donors (Lipinski definition) is 1. The lowest BCUT2D eigenvalue weighted by molar-refractivity contribution is -0.143. The quantitative estimate of drug-likeness (QED) is 0.442. The first-order valence-corrected chi connectivity index (χ1v) is 14.9. The van der Waals surface area contributed by atoms with Crippen LogP contribution in [0.25, 0.3) is 0 Å². The molecule has 2 fully saturated rings. The molecule has 1 saturated heterocycles. The number of piperazine rings is 1. The number of nitrogens with zero attached hydrogens (tertiary/aromatic N) is 5. The molecule has 3 aromatic rings. The first kappa shape index (κ1) is 28.9. The molecule has 1 atom stereocenters. The van der Waals surface area contributed by atoms with Crippen molar-refractivity contribution in [3.05, 3.63) is 77.0 Å². The van der Waals surface area contributed by atoms with Crippen molar-refractivity contribution in [3.8, 4) is 0 Å². The van der Waals surface area contributed by atoms with E-state index in [1.165, 1.54) is 11.8 Å². The van der Waals surface area contributed by atoms with Gasteiger partial charge >= 0.3 is 6.09 Å². The highest BCUT2D eigenvalue weighted by Crippen LogP contribution is 2.33. The summed E-state index contributed by atoms with van der Waals surface area (Å²) in [5, 5.41) is 7.38. The molecule has 1 unspecified atom stereocenters. The second kappa shape index (κ2) is 12.6. The van der Waals surface area contributed by atoms with Crippen LogP contribution in [0.2, 0.25) is 0 Å². The minimum atomic E-state index is -0.797. The normalized spacial score (nSPS) is 18.0. The van der Waals surface area contributed by atoms with Crippen LogP contribution in [0.5, 0.6) is 0 Å². The zero-order valence-corrected chi connectivity index (χ0v) is 24.7. The molecule has 11 nitrogen and oxygen atoms in total. The molecule has 0 bridgehead atoms. The van der Waals surface area contributed by atoms with Gasteiger partial charge < -0.3 is 29.5 Å². The zero-order chi connectivity index (χ0) is 29.9. The second-order valence-electron chi connectivity index (χ2n) is 11.5. The molecule has 226 valence electrons. The van der Waals surface area contributed by atoms with Crippen molar-refractivity contribution in [2.45, 2.75) is 51.0 Å². The number of aromatic nitrogens is 2. The number of benzene rings is 2. The van der Waals surface area contributed by atoms with Crippen molar-refractivity contribution < 1.29 is 23.9 Å². The summed E-state index contributed by atoms with van der Waals surface area (Å²) in [6.45, 7) is 4.18. The topological polar surface area (TPSA) is 109 Å². The molecule has 1 aliphatic carbocycles. The Kier molecular flexibility index (Phi) is 8.44. The lowest BCUT2D eigenvalue weighted by atomic mass is 10.1. The van der Waals surface area contributed by atoms with Gasteiger partial charge in [-0.2, -0.15) is 4.68 Å². The molecule has 43 heavy (non-hydrogen) atoms. The van der Waals surface area contributed by atoms with Gasteiger partial charge in [-0.25, -0.2) is 4.79 Å². The Labute approximate surface area is 251 Å². The standard InChI is InChI=1S/C32H38N6O5/c1-35-16-18-36(19-17-35)24-14-12-23(13-15-24)30(39)33-29-26-20-37(31(40)28(42-2)22-8-4-3-5-9-22)21-27(26)38(34-29)32(41)43-25-10-6-7-11-25/h3-5,8-9,12-15,25,28H,6-7,10-11,16-21H2,1-2H3,(H,33,34,39). The van der Waals surface area contributed by atoms with E-state index < -0.39 is 12.2 Å². The van der Waals surface area contributed by atoms with Crippen LogP contribution in [0.15, 0.2) is 54.6 Å². The third kappa shape index (κ3) is 6.14. The van der Waals surface area contributed by atoms with Gasteiger partial charge in [-0.15, -0.1) is 5.10 Å². The maximum atomic E-state index is 13.6. The molecule has 6 rings (SSSR count). The van der Waals surface area contributed by atoms with E-state index in [4.69, 9.17) is 9.47 Å². The number of anilines is 2. The van der Waals surface area contributed by atoms with Gasteiger partial charge in [0.25, 0.3) is 11.8 Å². The molecule has 11 heteroatoms. The smallest absolute Gasteiger partial charge is 0.435 e. The molecule has 1 N–H and O–H groups in total. The highest BCUT2D eigenvalue weighted by molar-refractivity contribution is 6.04. The van der Waals surface area contributed by atoms with Gasteiger partial charge in [-0.1, -0.05) is 30.3 Å². The molecule has 2 aliphatic heterocycles. The lowest BCUT2D eigenvalue weighted by Crippen LogP contribution is -2.44. The summed E-state index contributed by atoms with van der Waals surface area (Å²) < 4.78 is 12.5. The molecule has 2 aromatic carbocycles. The summed E-state index contributed by atoms with van der Waals surface area (Å²) in [6, 6.07) is 16.8. The number of amides is 2. The molecular weight excluding hydrogens is 548 g/mol. The van der Waals surface area contributed by atoms with Crippen LogP contribution in [0.1, 0.15) is 59.0 Å². The monoisotopic (exact) mass is 586 g/mol. The van der Waals surface area contributed by atoms with Crippen molar-refractivity contribution in [2.75, 3.05) is 50.6 Å². The van der Waals surface area contributed by atoms with E-state index in [-0.39, 0.29) is 36.8 Å². The van der Waals surface area contributed by atoms with Gasteiger partial charge in [0.2, 0.25) is 0 Å². The van der Waals surface area contributed by atoms with E-state index in [2.05, 4.69) is 27.3 Å². The van der Waals surface area contributed by atoms with Crippen molar-refractivity contribution >= 4 is 29.4 Å². The average Bonchev–Trinajstić information content (AvgIpc) is 3.77. The van der Waals surface area contributed by atoms with E-state index in [0.29, 0.717) is 16.8 Å². The molecule has 3 heterocycles. The van der Waals surface area contributed by atoms with Gasteiger partial charge in [0.1, 0.15) is 6.10 Å². The second-order valence-corrected chi connectivity index (χ2v) is 11.5. The Bertz CT molecular complexity index is 1460. The predicted molar refractivity (Wildman–Crippen MR) is 161 cm³/mol. The number of likely N-dealkylation sites (N-methyl/N-ethyl adjacent to an activating group) is 1. The van der Waals surface area contributed by atoms with Crippen LogP contribution in [0.4, 0.5) is 16.3 Å². The Balaban J connectivity index is 1.22. The van der Waals surface area contributed by atoms with E-state index in [1.54, 1.807) is 17.0 Å². The lowest BCUT2D eigenvalue weighted by Gasteiger charge is -2.34. The van der Waals surface area contributed by atoms with Crippen LogP contribution in [-0.4, -0.2) is 83.9 Å². The minimum Gasteiger partial charge on any atom is -0.445 e. The van der Waals surface area contributed by atoms with Gasteiger partial charge in [-0.3, -0.25) is 9.59 Å². The fourth-order valence-corrected chi connectivity index (χ4v) is 6.09. The van der Waals surface area contributed by atoms with Gasteiger partial charge in [0, 0.05) is 50.1 Å². The summed E-state index contributed by atoms with van der Waals surface area (Å²) >= 11 is 0. The van der Waals surface area contributed by atoms with Crippen molar-refractivity contribution in [2.24, 2.45) is 0 Å². The Morgan fingerprint density at radius 1 is 0.930 bits per heavy atom. The third-order valence-electron chi connectivity index (χ3n) is 8.63. The number of methoxy groups -OCH3 is 1. The van der Waals surface area contributed by atoms with Crippen LogP contribution < -0.4 is 10.2 Å². The summed E-state index contributed by atoms with van der Waals surface area (Å²) in [5.41, 5.74) is 3.43. The number of carbonyl (C=O) groups is 3. The van der Waals surface area contributed by atoms with Gasteiger partial charge in [-0.05, 0) is 62.6 Å². The van der Waals surface area contributed by atoms with E-state index in [9.17, 15) is 14.4 Å². The maximum Gasteiger partial charge on any atom is 0.435 e. The molecule has 1 saturated carbocycles. The number of nitrogens with one attached hydrogen (secondary N) is 1. The number of ether oxygens (including phenoxy) is 2. The Morgan fingerprint density at radius 3 is 2.30 bits per heavy atom. The molecular formula is C32H38N6O5. The first-order valence-electron chi connectivity index (χ1n) is 14.9. The molecule has 0 radical (unpaired) electrons. The van der Waals surface area contributed by atoms with Gasteiger partial charge in [0.05, 0.1) is 18.8 Å². The highest BCUT2D eigenvalue weighted by Gasteiger charge is 2.37. The third-order valence-corrected chi connectivity index (χ3v) is 8.63. The largest absolute Gasteiger partial charge is 0.445 e. The van der Waals surface area contributed by atoms with Crippen molar-refractivity contribution in [1.82, 2.24) is 19.6 Å². The van der Waals surface area contributed by atoms with Crippen molar-refractivity contribution in [3.63, 3.8) is 0 Å². The molecule has 0 spiro atoms. The number of hydrogen-bond acceptors (Lipinski definition) is 8. The number of rotatable bonds is 7. The first-order chi connectivity index (χ1) is 20.9. The average molecular weight is 587 g/mol. The number of fused-ring (bicyclic) bond motifs is 1. The summed E-state index contributed by atoms with van der Waals surface area (Å²) in [5.74, 6) is -0.335.